The van der Waals surface area contributed by atoms with Gasteiger partial charge >= 0.3 is 5.69 Å². The molecule has 18 heavy (non-hydrogen) atoms. The molecule has 9 heteroatoms. The molecule has 1 unspecified atom stereocenters. The van der Waals surface area contributed by atoms with Crippen molar-refractivity contribution in [2.24, 2.45) is 0 Å². The highest BCUT2D eigenvalue weighted by atomic mass is 79.9. The third-order valence-corrected chi connectivity index (χ3v) is 3.52. The van der Waals surface area contributed by atoms with Crippen LogP contribution < -0.4 is 11.4 Å². The largest absolute Gasteiger partial charge is 0.394 e. The normalized spacial score (nSPS) is 35.9. The van der Waals surface area contributed by atoms with Gasteiger partial charge in [-0.25, -0.2) is 9.18 Å². The van der Waals surface area contributed by atoms with Gasteiger partial charge in [0.15, 0.2) is 6.23 Å². The molecule has 0 saturated carbocycles. The van der Waals surface area contributed by atoms with E-state index in [9.17, 15) is 14.3 Å². The lowest BCUT2D eigenvalue weighted by Crippen LogP contribution is -2.40. The van der Waals surface area contributed by atoms with Gasteiger partial charge in [-0.3, -0.25) is 4.57 Å². The Morgan fingerprint density at radius 3 is 2.89 bits per heavy atom. The number of aliphatic hydroxyl groups is 2. The number of nitrogens with zero attached hydrogens (tertiary/aromatic N) is 2. The average Bonchev–Trinajstić information content (AvgIpc) is 2.52. The van der Waals surface area contributed by atoms with Crippen LogP contribution >= 0.6 is 15.9 Å². The van der Waals surface area contributed by atoms with Gasteiger partial charge in [-0.05, 0) is 22.0 Å². The molecular formula is C9H11BrFN3O4. The fourth-order valence-corrected chi connectivity index (χ4v) is 2.35. The highest BCUT2D eigenvalue weighted by molar-refractivity contribution is 9.10. The van der Waals surface area contributed by atoms with Crippen LogP contribution in [0.4, 0.5) is 10.2 Å². The maximum Gasteiger partial charge on any atom is 0.351 e. The number of aromatic nitrogens is 2. The van der Waals surface area contributed by atoms with Crippen molar-refractivity contribution in [1.29, 1.82) is 0 Å². The molecule has 1 aliphatic rings. The summed E-state index contributed by atoms with van der Waals surface area (Å²) in [5, 5.41) is 18.6. The Morgan fingerprint density at radius 1 is 1.72 bits per heavy atom. The molecule has 1 aromatic heterocycles. The predicted molar refractivity (Wildman–Crippen MR) is 62.7 cm³/mol. The molecule has 1 aliphatic heterocycles. The molecule has 0 bridgehead atoms. The fraction of sp³-hybridized carbons (Fsp3) is 0.556. The summed E-state index contributed by atoms with van der Waals surface area (Å²) in [7, 11) is 0. The molecule has 7 nitrogen and oxygen atoms in total. The fourth-order valence-electron chi connectivity index (χ4n) is 1.72. The third kappa shape index (κ3) is 2.03. The first-order chi connectivity index (χ1) is 8.37. The molecule has 0 aliphatic carbocycles. The number of alkyl halides is 2. The Hall–Kier alpha value is -1.03. The summed E-state index contributed by atoms with van der Waals surface area (Å²) in [6.07, 6.45) is -2.98. The Morgan fingerprint density at radius 2 is 2.39 bits per heavy atom. The van der Waals surface area contributed by atoms with Crippen molar-refractivity contribution < 1.29 is 19.3 Å². The molecule has 0 amide bonds. The number of nitrogens with two attached hydrogens (primary N) is 1. The number of ether oxygens (including phenoxy) is 1. The van der Waals surface area contributed by atoms with Gasteiger partial charge in [-0.2, -0.15) is 4.98 Å². The number of hydrogen-bond donors (Lipinski definition) is 3. The van der Waals surface area contributed by atoms with Crippen LogP contribution in [0, 0.1) is 0 Å². The minimum atomic E-state index is -2.40. The number of aliphatic hydroxyl groups excluding tert-OH is 2. The van der Waals surface area contributed by atoms with Crippen LogP contribution in [0.15, 0.2) is 17.1 Å². The maximum absolute atomic E-state index is 14.3. The van der Waals surface area contributed by atoms with Crippen LogP contribution in [0.2, 0.25) is 0 Å². The zero-order valence-electron chi connectivity index (χ0n) is 9.03. The van der Waals surface area contributed by atoms with Gasteiger partial charge in [-0.1, -0.05) is 0 Å². The lowest BCUT2D eigenvalue weighted by molar-refractivity contribution is -0.0506. The van der Waals surface area contributed by atoms with Crippen molar-refractivity contribution in [1.82, 2.24) is 9.55 Å². The minimum Gasteiger partial charge on any atom is -0.394 e. The Balaban J connectivity index is 2.42. The van der Waals surface area contributed by atoms with Crippen molar-refractivity contribution in [3.63, 3.8) is 0 Å². The molecule has 100 valence electrons. The Labute approximate surface area is 109 Å². The smallest absolute Gasteiger partial charge is 0.351 e. The molecule has 0 aromatic carbocycles. The Kier molecular flexibility index (Phi) is 3.41. The minimum absolute atomic E-state index is 0.00691. The van der Waals surface area contributed by atoms with E-state index < -0.39 is 35.3 Å². The average molecular weight is 324 g/mol. The van der Waals surface area contributed by atoms with Gasteiger partial charge in [0.2, 0.25) is 4.58 Å². The van der Waals surface area contributed by atoms with Gasteiger partial charge in [0.25, 0.3) is 0 Å². The maximum atomic E-state index is 14.3. The van der Waals surface area contributed by atoms with Crippen LogP contribution in [0.25, 0.3) is 0 Å². The summed E-state index contributed by atoms with van der Waals surface area (Å²) < 4.78 is 17.8. The van der Waals surface area contributed by atoms with E-state index in [1.54, 1.807) is 0 Å². The summed E-state index contributed by atoms with van der Waals surface area (Å²) in [6, 6.07) is 1.30. The van der Waals surface area contributed by atoms with E-state index in [2.05, 4.69) is 20.9 Å². The molecule has 4 atom stereocenters. The van der Waals surface area contributed by atoms with Crippen LogP contribution in [-0.4, -0.2) is 43.2 Å². The van der Waals surface area contributed by atoms with Crippen molar-refractivity contribution in [2.75, 3.05) is 12.3 Å². The number of anilines is 1. The van der Waals surface area contributed by atoms with E-state index in [1.807, 2.05) is 0 Å². The first-order valence-electron chi connectivity index (χ1n) is 5.04. The molecule has 4 N–H and O–H groups in total. The van der Waals surface area contributed by atoms with Gasteiger partial charge in [0.1, 0.15) is 18.0 Å². The summed E-state index contributed by atoms with van der Waals surface area (Å²) >= 11 is 2.67. The van der Waals surface area contributed by atoms with Gasteiger partial charge in [-0.15, -0.1) is 0 Å². The van der Waals surface area contributed by atoms with E-state index in [-0.39, 0.29) is 5.82 Å². The van der Waals surface area contributed by atoms with Crippen LogP contribution in [-0.2, 0) is 4.74 Å². The third-order valence-electron chi connectivity index (χ3n) is 2.66. The standard InChI is InChI=1S/C9H11BrFN3O4/c10-9(11)6(16)4(3-15)18-7(9)14-2-1-5(12)13-8(14)17/h1-2,4,6-7,15-16H,3H2,(H2,12,13,17)/t4-,6?,7-,9-/m1/s1. The van der Waals surface area contributed by atoms with E-state index in [4.69, 9.17) is 15.6 Å². The quantitative estimate of drug-likeness (QED) is 0.611. The van der Waals surface area contributed by atoms with E-state index in [0.29, 0.717) is 0 Å². The monoisotopic (exact) mass is 323 g/mol. The summed E-state index contributed by atoms with van der Waals surface area (Å²) in [5.74, 6) is -0.00691. The molecule has 1 aromatic rings. The van der Waals surface area contributed by atoms with Crippen LogP contribution in [0.1, 0.15) is 6.23 Å². The highest BCUT2D eigenvalue weighted by Crippen LogP contribution is 2.45. The number of hydrogen-bond acceptors (Lipinski definition) is 6. The first kappa shape index (κ1) is 13.4. The van der Waals surface area contributed by atoms with Crippen molar-refractivity contribution >= 4 is 21.7 Å². The molecule has 1 fully saturated rings. The molecular weight excluding hydrogens is 313 g/mol. The SMILES string of the molecule is Nc1ccn([C@@H]2O[C@H](CO)C(O)[C@]2(F)Br)c(=O)n1. The molecule has 2 heterocycles. The van der Waals surface area contributed by atoms with Crippen LogP contribution in [0.3, 0.4) is 0 Å². The zero-order valence-corrected chi connectivity index (χ0v) is 10.6. The van der Waals surface area contributed by atoms with E-state index in [1.165, 1.54) is 12.3 Å². The summed E-state index contributed by atoms with van der Waals surface area (Å²) in [5.41, 5.74) is 4.50. The Bertz CT molecular complexity index is 509. The lowest BCUT2D eigenvalue weighted by Gasteiger charge is -2.22. The molecule has 0 spiro atoms. The van der Waals surface area contributed by atoms with Crippen LogP contribution in [0.5, 0.6) is 0 Å². The predicted octanol–water partition coefficient (Wildman–Crippen LogP) is -0.863. The van der Waals surface area contributed by atoms with E-state index >= 15 is 0 Å². The second-order valence-electron chi connectivity index (χ2n) is 3.87. The molecule has 1 saturated heterocycles. The number of nitrogen functional groups attached to an aromatic ring is 1. The summed E-state index contributed by atoms with van der Waals surface area (Å²) in [4.78, 5) is 15.0. The van der Waals surface area contributed by atoms with Crippen molar-refractivity contribution in [2.45, 2.75) is 23.0 Å². The topological polar surface area (TPSA) is 111 Å². The summed E-state index contributed by atoms with van der Waals surface area (Å²) in [6.45, 7) is -0.577. The zero-order chi connectivity index (χ0) is 13.5. The second kappa shape index (κ2) is 4.57. The first-order valence-corrected chi connectivity index (χ1v) is 5.84. The van der Waals surface area contributed by atoms with Gasteiger partial charge in [0.05, 0.1) is 6.61 Å². The number of rotatable bonds is 2. The highest BCUT2D eigenvalue weighted by Gasteiger charge is 2.56. The van der Waals surface area contributed by atoms with Gasteiger partial charge in [0, 0.05) is 6.20 Å². The van der Waals surface area contributed by atoms with Gasteiger partial charge < -0.3 is 20.7 Å². The van der Waals surface area contributed by atoms with Crippen molar-refractivity contribution in [3.05, 3.63) is 22.7 Å². The molecule has 2 rings (SSSR count). The molecule has 0 radical (unpaired) electrons. The van der Waals surface area contributed by atoms with E-state index in [0.717, 1.165) is 4.57 Å². The number of halogens is 2. The second-order valence-corrected chi connectivity index (χ2v) is 5.09. The van der Waals surface area contributed by atoms with Crippen molar-refractivity contribution in [3.8, 4) is 0 Å². The lowest BCUT2D eigenvalue weighted by atomic mass is 10.1.